The highest BCUT2D eigenvalue weighted by atomic mass is 16.5. The van der Waals surface area contributed by atoms with E-state index in [-0.39, 0.29) is 0 Å². The molecule has 35 heavy (non-hydrogen) atoms. The number of imidazole rings is 1. The second kappa shape index (κ2) is 8.68. The summed E-state index contributed by atoms with van der Waals surface area (Å²) < 4.78 is 16.7. The standard InChI is InChI=1S/C26H25N5O4/c1-26(2)12-11-17-21(35-26)9-8-19(23(17)34-4)31-25(32)28-16-6-7-18-20(13-16)30-24(29-18)15-5-10-22(33-3)27-14-15/h5-14H,1-4H3,(H,29,30)(H2,28,31,32). The number of rotatable bonds is 5. The van der Waals surface area contributed by atoms with Crippen LogP contribution < -0.4 is 24.8 Å². The van der Waals surface area contributed by atoms with Crippen LogP contribution in [0.5, 0.6) is 17.4 Å². The van der Waals surface area contributed by atoms with E-state index in [4.69, 9.17) is 14.2 Å². The highest BCUT2D eigenvalue weighted by molar-refractivity contribution is 6.02. The van der Waals surface area contributed by atoms with Crippen LogP contribution in [0, 0.1) is 0 Å². The summed E-state index contributed by atoms with van der Waals surface area (Å²) in [5, 5.41) is 5.72. The van der Waals surface area contributed by atoms with E-state index in [1.807, 2.05) is 50.3 Å². The van der Waals surface area contributed by atoms with Crippen LogP contribution in [0.15, 0.2) is 54.7 Å². The molecule has 0 bridgehead atoms. The molecule has 0 radical (unpaired) electrons. The Kier molecular flexibility index (Phi) is 5.52. The Morgan fingerprint density at radius 1 is 1.06 bits per heavy atom. The number of H-pyrrole nitrogens is 1. The Balaban J connectivity index is 1.33. The van der Waals surface area contributed by atoms with Gasteiger partial charge in [0.2, 0.25) is 5.88 Å². The molecule has 2 aromatic carbocycles. The maximum absolute atomic E-state index is 12.8. The lowest BCUT2D eigenvalue weighted by Crippen LogP contribution is -2.27. The summed E-state index contributed by atoms with van der Waals surface area (Å²) in [6, 6.07) is 12.3. The minimum atomic E-state index is -0.403. The lowest BCUT2D eigenvalue weighted by atomic mass is 10.0. The molecule has 0 aliphatic carbocycles. The molecule has 0 fully saturated rings. The summed E-state index contributed by atoms with van der Waals surface area (Å²) in [5.41, 5.74) is 3.91. The highest BCUT2D eigenvalue weighted by Gasteiger charge is 2.25. The van der Waals surface area contributed by atoms with Crippen molar-refractivity contribution in [3.05, 3.63) is 60.3 Å². The van der Waals surface area contributed by atoms with E-state index in [1.54, 1.807) is 38.6 Å². The average molecular weight is 472 g/mol. The second-order valence-corrected chi connectivity index (χ2v) is 8.58. The van der Waals surface area contributed by atoms with Gasteiger partial charge in [-0.15, -0.1) is 0 Å². The summed E-state index contributed by atoms with van der Waals surface area (Å²) in [6.07, 6.45) is 5.59. The molecule has 9 nitrogen and oxygen atoms in total. The van der Waals surface area contributed by atoms with Crippen molar-refractivity contribution in [3.8, 4) is 28.8 Å². The van der Waals surface area contributed by atoms with E-state index in [0.717, 1.165) is 22.2 Å². The third-order valence-electron chi connectivity index (χ3n) is 5.59. The molecule has 2 amide bonds. The third-order valence-corrected chi connectivity index (χ3v) is 5.59. The summed E-state index contributed by atoms with van der Waals surface area (Å²) in [7, 11) is 3.13. The zero-order valence-electron chi connectivity index (χ0n) is 19.8. The number of nitrogens with one attached hydrogen (secondary N) is 3. The number of aromatic amines is 1. The van der Waals surface area contributed by atoms with Crippen LogP contribution in [-0.2, 0) is 0 Å². The number of carbonyl (C=O) groups excluding carboxylic acids is 1. The van der Waals surface area contributed by atoms with Crippen molar-refractivity contribution in [1.29, 1.82) is 0 Å². The Hall–Kier alpha value is -4.53. The van der Waals surface area contributed by atoms with Gasteiger partial charge in [-0.3, -0.25) is 0 Å². The van der Waals surface area contributed by atoms with Crippen LogP contribution in [0.1, 0.15) is 19.4 Å². The van der Waals surface area contributed by atoms with Crippen molar-refractivity contribution in [1.82, 2.24) is 15.0 Å². The number of amides is 2. The van der Waals surface area contributed by atoms with Crippen molar-refractivity contribution < 1.29 is 19.0 Å². The first-order chi connectivity index (χ1) is 16.8. The van der Waals surface area contributed by atoms with Gasteiger partial charge in [0.05, 0.1) is 36.5 Å². The highest BCUT2D eigenvalue weighted by Crippen LogP contribution is 2.41. The van der Waals surface area contributed by atoms with Crippen molar-refractivity contribution in [2.24, 2.45) is 0 Å². The zero-order chi connectivity index (χ0) is 24.6. The quantitative estimate of drug-likeness (QED) is 0.356. The molecule has 0 unspecified atom stereocenters. The molecule has 5 rings (SSSR count). The van der Waals surface area contributed by atoms with Crippen molar-refractivity contribution >= 4 is 34.5 Å². The van der Waals surface area contributed by atoms with Gasteiger partial charge in [-0.05, 0) is 62.4 Å². The molecule has 0 saturated carbocycles. The number of aromatic nitrogens is 3. The number of nitrogens with zero attached hydrogens (tertiary/aromatic N) is 2. The first kappa shape index (κ1) is 22.3. The molecule has 0 atom stereocenters. The Morgan fingerprint density at radius 3 is 2.66 bits per heavy atom. The Labute approximate surface area is 202 Å². The largest absolute Gasteiger partial charge is 0.494 e. The molecular weight excluding hydrogens is 446 g/mol. The van der Waals surface area contributed by atoms with Crippen LogP contribution in [0.25, 0.3) is 28.5 Å². The fourth-order valence-electron chi connectivity index (χ4n) is 3.90. The molecule has 0 spiro atoms. The lowest BCUT2D eigenvalue weighted by Gasteiger charge is -2.29. The molecule has 1 aliphatic rings. The minimum Gasteiger partial charge on any atom is -0.494 e. The fourth-order valence-corrected chi connectivity index (χ4v) is 3.90. The van der Waals surface area contributed by atoms with Gasteiger partial charge >= 0.3 is 6.03 Å². The molecule has 4 aromatic rings. The SMILES string of the molecule is COc1ccc(-c2nc3ccc(NC(=O)Nc4ccc5c(c4OC)C=CC(C)(C)O5)cc3[nH]2)cn1. The smallest absolute Gasteiger partial charge is 0.323 e. The van der Waals surface area contributed by atoms with Gasteiger partial charge in [-0.25, -0.2) is 14.8 Å². The number of methoxy groups -OCH3 is 2. The Bertz CT molecular complexity index is 1440. The van der Waals surface area contributed by atoms with Crippen LogP contribution in [-0.4, -0.2) is 40.8 Å². The van der Waals surface area contributed by atoms with E-state index in [2.05, 4.69) is 25.6 Å². The first-order valence-electron chi connectivity index (χ1n) is 11.0. The van der Waals surface area contributed by atoms with E-state index >= 15 is 0 Å². The summed E-state index contributed by atoms with van der Waals surface area (Å²) in [5.74, 6) is 2.44. The summed E-state index contributed by atoms with van der Waals surface area (Å²) in [4.78, 5) is 24.9. The molecule has 3 N–H and O–H groups in total. The summed E-state index contributed by atoms with van der Waals surface area (Å²) >= 11 is 0. The minimum absolute atomic E-state index is 0.400. The van der Waals surface area contributed by atoms with Gasteiger partial charge in [-0.2, -0.15) is 0 Å². The lowest BCUT2D eigenvalue weighted by molar-refractivity contribution is 0.158. The molecule has 2 aromatic heterocycles. The predicted octanol–water partition coefficient (Wildman–Crippen LogP) is 5.47. The zero-order valence-corrected chi connectivity index (χ0v) is 19.8. The molecule has 0 saturated heterocycles. The number of anilines is 2. The van der Waals surface area contributed by atoms with Gasteiger partial charge in [0.1, 0.15) is 17.2 Å². The number of hydrogen-bond acceptors (Lipinski definition) is 6. The maximum atomic E-state index is 12.8. The topological polar surface area (TPSA) is 110 Å². The van der Waals surface area contributed by atoms with Gasteiger partial charge in [-0.1, -0.05) is 0 Å². The average Bonchev–Trinajstić information content (AvgIpc) is 3.27. The van der Waals surface area contributed by atoms with Crippen molar-refractivity contribution in [2.75, 3.05) is 24.9 Å². The number of pyridine rings is 1. The van der Waals surface area contributed by atoms with Gasteiger partial charge in [0.25, 0.3) is 0 Å². The second-order valence-electron chi connectivity index (χ2n) is 8.58. The molecule has 178 valence electrons. The molecule has 1 aliphatic heterocycles. The van der Waals surface area contributed by atoms with Gasteiger partial charge in [0.15, 0.2) is 5.75 Å². The molecular formula is C26H25N5O4. The fraction of sp³-hybridized carbons (Fsp3) is 0.192. The van der Waals surface area contributed by atoms with E-state index in [9.17, 15) is 4.79 Å². The first-order valence-corrected chi connectivity index (χ1v) is 11.0. The van der Waals surface area contributed by atoms with Gasteiger partial charge < -0.3 is 29.8 Å². The molecule has 3 heterocycles. The van der Waals surface area contributed by atoms with Crippen LogP contribution in [0.2, 0.25) is 0 Å². The normalized spacial score (nSPS) is 13.6. The number of fused-ring (bicyclic) bond motifs is 2. The third kappa shape index (κ3) is 4.48. The number of benzene rings is 2. The predicted molar refractivity (Wildman–Crippen MR) is 135 cm³/mol. The number of carbonyl (C=O) groups is 1. The summed E-state index contributed by atoms with van der Waals surface area (Å²) in [6.45, 7) is 3.96. The van der Waals surface area contributed by atoms with Crippen molar-refractivity contribution in [3.63, 3.8) is 0 Å². The molecule has 9 heteroatoms. The monoisotopic (exact) mass is 471 g/mol. The van der Waals surface area contributed by atoms with Gasteiger partial charge in [0, 0.05) is 23.5 Å². The van der Waals surface area contributed by atoms with E-state index in [0.29, 0.717) is 34.6 Å². The number of urea groups is 1. The van der Waals surface area contributed by atoms with Crippen LogP contribution in [0.3, 0.4) is 0 Å². The maximum Gasteiger partial charge on any atom is 0.323 e. The Morgan fingerprint density at radius 2 is 1.91 bits per heavy atom. The van der Waals surface area contributed by atoms with Crippen LogP contribution >= 0.6 is 0 Å². The number of hydrogen-bond donors (Lipinski definition) is 3. The van der Waals surface area contributed by atoms with Crippen LogP contribution in [0.4, 0.5) is 16.2 Å². The van der Waals surface area contributed by atoms with Crippen molar-refractivity contribution in [2.45, 2.75) is 19.4 Å². The van der Waals surface area contributed by atoms with E-state index in [1.165, 1.54) is 0 Å². The van der Waals surface area contributed by atoms with E-state index < -0.39 is 11.6 Å². The number of ether oxygens (including phenoxy) is 3.